The maximum absolute atomic E-state index is 9.48. The first kappa shape index (κ1) is 17.4. The molecule has 0 amide bonds. The lowest BCUT2D eigenvalue weighted by Crippen LogP contribution is -2.49. The summed E-state index contributed by atoms with van der Waals surface area (Å²) in [5, 5.41) is 9.59. The van der Waals surface area contributed by atoms with Crippen molar-refractivity contribution in [1.29, 1.82) is 0 Å². The predicted octanol–water partition coefficient (Wildman–Crippen LogP) is 2.30. The third kappa shape index (κ3) is 4.44. The summed E-state index contributed by atoms with van der Waals surface area (Å²) in [5.74, 6) is 2.39. The third-order valence-electron chi connectivity index (χ3n) is 3.88. The number of hydrogen-bond donors (Lipinski definition) is 1. The minimum atomic E-state index is -1.91. The van der Waals surface area contributed by atoms with Crippen molar-refractivity contribution in [2.24, 2.45) is 0 Å². The van der Waals surface area contributed by atoms with Gasteiger partial charge in [0.25, 0.3) is 0 Å². The van der Waals surface area contributed by atoms with Gasteiger partial charge in [0.2, 0.25) is 0 Å². The van der Waals surface area contributed by atoms with Crippen LogP contribution in [0, 0.1) is 12.3 Å². The highest BCUT2D eigenvalue weighted by molar-refractivity contribution is 6.74. The molecule has 1 aliphatic rings. The first-order valence-electron chi connectivity index (χ1n) is 6.89. The first-order valence-corrected chi connectivity index (χ1v) is 9.79. The van der Waals surface area contributed by atoms with E-state index >= 15 is 0 Å². The number of rotatable bonds is 5. The van der Waals surface area contributed by atoms with Crippen LogP contribution in [-0.4, -0.2) is 45.1 Å². The average Bonchev–Trinajstić information content (AvgIpc) is 2.35. The monoisotopic (exact) mass is 298 g/mol. The molecule has 4 nitrogen and oxygen atoms in total. The molecule has 0 fully saturated rings. The number of terminal acetylenes is 1. The van der Waals surface area contributed by atoms with Crippen molar-refractivity contribution in [1.82, 2.24) is 0 Å². The molecular weight excluding hydrogens is 272 g/mol. The maximum Gasteiger partial charge on any atom is 0.193 e. The molecule has 5 heteroatoms. The van der Waals surface area contributed by atoms with E-state index in [0.29, 0.717) is 0 Å². The Kier molecular flexibility index (Phi) is 5.99. The molecule has 0 aromatic rings. The Bertz CT molecular complexity index is 378. The number of hydrogen-bond acceptors (Lipinski definition) is 4. The lowest BCUT2D eigenvalue weighted by Gasteiger charge is -2.41. The van der Waals surface area contributed by atoms with E-state index in [-0.39, 0.29) is 24.4 Å². The number of ether oxygens (including phenoxy) is 2. The lowest BCUT2D eigenvalue weighted by atomic mass is 10.1. The summed E-state index contributed by atoms with van der Waals surface area (Å²) in [6.45, 7) is 11.0. The summed E-state index contributed by atoms with van der Waals surface area (Å²) in [6, 6.07) is 0. The molecule has 0 spiro atoms. The van der Waals surface area contributed by atoms with Gasteiger partial charge >= 0.3 is 0 Å². The zero-order valence-electron chi connectivity index (χ0n) is 13.1. The molecule has 0 aromatic heterocycles. The quantitative estimate of drug-likeness (QED) is 0.481. The van der Waals surface area contributed by atoms with Crippen LogP contribution >= 0.6 is 0 Å². The van der Waals surface area contributed by atoms with Gasteiger partial charge in [0, 0.05) is 0 Å². The van der Waals surface area contributed by atoms with Crippen LogP contribution in [0.4, 0.5) is 0 Å². The second kappa shape index (κ2) is 6.88. The van der Waals surface area contributed by atoms with Gasteiger partial charge in [0.05, 0.1) is 12.7 Å². The van der Waals surface area contributed by atoms with Crippen LogP contribution in [0.25, 0.3) is 0 Å². The van der Waals surface area contributed by atoms with Gasteiger partial charge in [-0.1, -0.05) is 32.8 Å². The molecule has 0 aliphatic carbocycles. The fraction of sp³-hybridized carbons (Fsp3) is 0.733. The highest BCUT2D eigenvalue weighted by Gasteiger charge is 2.41. The predicted molar refractivity (Wildman–Crippen MR) is 81.7 cm³/mol. The Hall–Kier alpha value is -0.643. The molecular formula is C15H26O4Si. The second-order valence-electron chi connectivity index (χ2n) is 6.47. The lowest BCUT2D eigenvalue weighted by molar-refractivity contribution is -0.172. The van der Waals surface area contributed by atoms with Gasteiger partial charge < -0.3 is 19.0 Å². The zero-order chi connectivity index (χ0) is 15.4. The van der Waals surface area contributed by atoms with E-state index in [4.69, 9.17) is 20.3 Å². The highest BCUT2D eigenvalue weighted by Crippen LogP contribution is 2.38. The Morgan fingerprint density at radius 1 is 1.35 bits per heavy atom. The molecule has 0 aromatic carbocycles. The molecule has 3 atom stereocenters. The van der Waals surface area contributed by atoms with E-state index in [9.17, 15) is 5.11 Å². The molecule has 20 heavy (non-hydrogen) atoms. The Morgan fingerprint density at radius 2 is 2.00 bits per heavy atom. The molecule has 114 valence electrons. The molecule has 0 bridgehead atoms. The standard InChI is InChI=1S/C15H26O4Si/c1-7-10-17-14-9-8-12(13(11-16)18-14)19-20(5,6)15(2,3)4/h1,8-9,12-14,16H,10-11H2,2-6H3/t12-,13+,14-/m0/s1. The van der Waals surface area contributed by atoms with Crippen LogP contribution in [0.1, 0.15) is 20.8 Å². The highest BCUT2D eigenvalue weighted by atomic mass is 28.4. The molecule has 1 rings (SSSR count). The largest absolute Gasteiger partial charge is 0.408 e. The van der Waals surface area contributed by atoms with E-state index in [1.807, 2.05) is 6.08 Å². The SMILES string of the molecule is C#CCO[C@@H]1C=C[C@H](O[Si](C)(C)C(C)(C)C)[C@@H](CO)O1. The molecule has 0 radical (unpaired) electrons. The zero-order valence-corrected chi connectivity index (χ0v) is 14.1. The normalized spacial score (nSPS) is 27.4. The third-order valence-corrected chi connectivity index (χ3v) is 8.35. The molecule has 0 unspecified atom stereocenters. The van der Waals surface area contributed by atoms with Gasteiger partial charge in [0.1, 0.15) is 12.7 Å². The van der Waals surface area contributed by atoms with Crippen molar-refractivity contribution in [3.63, 3.8) is 0 Å². The van der Waals surface area contributed by atoms with Crippen molar-refractivity contribution < 1.29 is 19.0 Å². The molecule has 0 saturated heterocycles. The van der Waals surface area contributed by atoms with Gasteiger partial charge in [-0.15, -0.1) is 6.42 Å². The van der Waals surface area contributed by atoms with Crippen LogP contribution in [0.2, 0.25) is 18.1 Å². The van der Waals surface area contributed by atoms with Crippen LogP contribution in [0.5, 0.6) is 0 Å². The van der Waals surface area contributed by atoms with Gasteiger partial charge in [-0.3, -0.25) is 0 Å². The van der Waals surface area contributed by atoms with Crippen molar-refractivity contribution in [3.05, 3.63) is 12.2 Å². The molecule has 1 heterocycles. The molecule has 1 N–H and O–H groups in total. The summed E-state index contributed by atoms with van der Waals surface area (Å²) in [4.78, 5) is 0. The minimum absolute atomic E-state index is 0.109. The van der Waals surface area contributed by atoms with Crippen molar-refractivity contribution >= 4 is 8.32 Å². The van der Waals surface area contributed by atoms with E-state index < -0.39 is 20.7 Å². The minimum Gasteiger partial charge on any atom is -0.408 e. The van der Waals surface area contributed by atoms with Crippen molar-refractivity contribution in [3.8, 4) is 12.3 Å². The molecule has 1 aliphatic heterocycles. The fourth-order valence-corrected chi connectivity index (χ4v) is 2.89. The number of aliphatic hydroxyl groups excluding tert-OH is 1. The van der Waals surface area contributed by atoms with Crippen molar-refractivity contribution in [2.45, 2.75) is 57.4 Å². The topological polar surface area (TPSA) is 47.9 Å². The van der Waals surface area contributed by atoms with Crippen LogP contribution in [0.15, 0.2) is 12.2 Å². The summed E-state index contributed by atoms with van der Waals surface area (Å²) < 4.78 is 17.2. The Balaban J connectivity index is 2.73. The van der Waals surface area contributed by atoms with Gasteiger partial charge in [-0.25, -0.2) is 0 Å². The van der Waals surface area contributed by atoms with Gasteiger partial charge in [-0.05, 0) is 24.2 Å². The second-order valence-corrected chi connectivity index (χ2v) is 11.2. The van der Waals surface area contributed by atoms with Crippen LogP contribution in [-0.2, 0) is 13.9 Å². The Morgan fingerprint density at radius 3 is 2.50 bits per heavy atom. The Labute approximate surface area is 123 Å². The van der Waals surface area contributed by atoms with E-state index in [1.165, 1.54) is 0 Å². The fourth-order valence-electron chi connectivity index (χ4n) is 1.62. The summed E-state index contributed by atoms with van der Waals surface area (Å²) in [6.07, 6.45) is 7.67. The summed E-state index contributed by atoms with van der Waals surface area (Å²) in [5.41, 5.74) is 0. The van der Waals surface area contributed by atoms with E-state index in [1.54, 1.807) is 6.08 Å². The summed E-state index contributed by atoms with van der Waals surface area (Å²) in [7, 11) is -1.91. The number of aliphatic hydroxyl groups is 1. The van der Waals surface area contributed by atoms with E-state index in [0.717, 1.165) is 0 Å². The van der Waals surface area contributed by atoms with Gasteiger partial charge in [-0.2, -0.15) is 0 Å². The average molecular weight is 298 g/mol. The first-order chi connectivity index (χ1) is 9.21. The van der Waals surface area contributed by atoms with Crippen molar-refractivity contribution in [2.75, 3.05) is 13.2 Å². The van der Waals surface area contributed by atoms with Gasteiger partial charge in [0.15, 0.2) is 14.6 Å². The smallest absolute Gasteiger partial charge is 0.193 e. The van der Waals surface area contributed by atoms with Crippen LogP contribution < -0.4 is 0 Å². The van der Waals surface area contributed by atoms with E-state index in [2.05, 4.69) is 39.8 Å². The van der Waals surface area contributed by atoms with Crippen LogP contribution in [0.3, 0.4) is 0 Å². The maximum atomic E-state index is 9.48. The summed E-state index contributed by atoms with van der Waals surface area (Å²) >= 11 is 0. The molecule has 0 saturated carbocycles.